The molecular weight excluding hydrogens is 422 g/mol. The number of carboxylic acids is 1. The van der Waals surface area contributed by atoms with Crippen molar-refractivity contribution in [3.63, 3.8) is 0 Å². The minimum Gasteiger partial charge on any atom is -0.478 e. The van der Waals surface area contributed by atoms with Crippen LogP contribution in [-0.4, -0.2) is 19.5 Å². The largest absolute Gasteiger partial charge is 0.478 e. The molecule has 6 heteroatoms. The van der Waals surface area contributed by atoms with Crippen LogP contribution >= 0.6 is 0 Å². The van der Waals surface area contributed by atoms with Gasteiger partial charge in [-0.3, -0.25) is 4.72 Å². The summed E-state index contributed by atoms with van der Waals surface area (Å²) in [5, 5.41) is 10.8. The third kappa shape index (κ3) is 4.64. The second-order valence-corrected chi connectivity index (χ2v) is 8.98. The summed E-state index contributed by atoms with van der Waals surface area (Å²) in [6, 6.07) is 24.1. The standard InChI is InChI=1S/C26H19NO4S/c1-18-6-10-21(11-7-19-8-12-22(13-9-19)26(28)29)25(16-18)27-32(30,31)24-15-14-20-4-2-3-5-23(20)17-24/h2-6,8-10,12-17,27H,1H3,(H,28,29). The average Bonchev–Trinajstić information content (AvgIpc) is 2.78. The van der Waals surface area contributed by atoms with E-state index in [-0.39, 0.29) is 10.5 Å². The number of nitrogens with one attached hydrogen (secondary N) is 1. The molecule has 158 valence electrons. The minimum absolute atomic E-state index is 0.167. The number of rotatable bonds is 4. The average molecular weight is 442 g/mol. The summed E-state index contributed by atoms with van der Waals surface area (Å²) in [5.41, 5.74) is 2.58. The lowest BCUT2D eigenvalue weighted by Crippen LogP contribution is -2.14. The van der Waals surface area contributed by atoms with Crippen molar-refractivity contribution in [1.82, 2.24) is 0 Å². The van der Waals surface area contributed by atoms with Crippen LogP contribution < -0.4 is 4.72 Å². The number of sulfonamides is 1. The SMILES string of the molecule is Cc1ccc(C#Cc2ccc(C(=O)O)cc2)c(NS(=O)(=O)c2ccc3ccccc3c2)c1. The maximum Gasteiger partial charge on any atom is 0.335 e. The van der Waals surface area contributed by atoms with E-state index in [0.29, 0.717) is 16.8 Å². The quantitative estimate of drug-likeness (QED) is 0.434. The fourth-order valence-electron chi connectivity index (χ4n) is 3.23. The summed E-state index contributed by atoms with van der Waals surface area (Å²) in [6.45, 7) is 1.87. The number of anilines is 1. The highest BCUT2D eigenvalue weighted by atomic mass is 32.2. The number of hydrogen-bond donors (Lipinski definition) is 2. The molecule has 0 aliphatic carbocycles. The molecule has 0 fully saturated rings. The van der Waals surface area contributed by atoms with Crippen molar-refractivity contribution in [1.29, 1.82) is 0 Å². The zero-order valence-corrected chi connectivity index (χ0v) is 18.0. The van der Waals surface area contributed by atoms with Crippen molar-refractivity contribution in [3.05, 3.63) is 107 Å². The van der Waals surface area contributed by atoms with Gasteiger partial charge in [0.15, 0.2) is 0 Å². The number of benzene rings is 4. The molecule has 0 bridgehead atoms. The fourth-order valence-corrected chi connectivity index (χ4v) is 4.33. The lowest BCUT2D eigenvalue weighted by molar-refractivity contribution is 0.0697. The Labute approximate surface area is 186 Å². The first-order valence-corrected chi connectivity index (χ1v) is 11.3. The molecule has 5 nitrogen and oxygen atoms in total. The Morgan fingerprint density at radius 1 is 0.844 bits per heavy atom. The molecule has 0 atom stereocenters. The van der Waals surface area contributed by atoms with Crippen LogP contribution in [-0.2, 0) is 10.0 Å². The van der Waals surface area contributed by atoms with Gasteiger partial charge in [0, 0.05) is 11.1 Å². The molecule has 0 spiro atoms. The summed E-state index contributed by atoms with van der Waals surface area (Å²) in [4.78, 5) is 11.2. The molecule has 0 aromatic heterocycles. The molecule has 0 aliphatic rings. The molecule has 0 heterocycles. The number of aryl methyl sites for hydroxylation is 1. The Balaban J connectivity index is 1.67. The van der Waals surface area contributed by atoms with Crippen LogP contribution in [0.4, 0.5) is 5.69 Å². The number of carboxylic acid groups (broad SMARTS) is 1. The number of fused-ring (bicyclic) bond motifs is 1. The summed E-state index contributed by atoms with van der Waals surface area (Å²) < 4.78 is 28.8. The predicted molar refractivity (Wildman–Crippen MR) is 125 cm³/mol. The molecule has 4 rings (SSSR count). The normalized spacial score (nSPS) is 10.9. The van der Waals surface area contributed by atoms with Crippen molar-refractivity contribution in [2.24, 2.45) is 0 Å². The highest BCUT2D eigenvalue weighted by Crippen LogP contribution is 2.24. The van der Waals surface area contributed by atoms with E-state index in [1.165, 1.54) is 12.1 Å². The highest BCUT2D eigenvalue weighted by molar-refractivity contribution is 7.92. The molecule has 0 saturated heterocycles. The van der Waals surface area contributed by atoms with Gasteiger partial charge in [-0.15, -0.1) is 0 Å². The van der Waals surface area contributed by atoms with Crippen LogP contribution in [0.25, 0.3) is 10.8 Å². The van der Waals surface area contributed by atoms with E-state index in [1.807, 2.05) is 37.3 Å². The van der Waals surface area contributed by atoms with Gasteiger partial charge in [-0.05, 0) is 71.8 Å². The van der Waals surface area contributed by atoms with Gasteiger partial charge in [0.25, 0.3) is 10.0 Å². The van der Waals surface area contributed by atoms with Gasteiger partial charge >= 0.3 is 5.97 Å². The van der Waals surface area contributed by atoms with Crippen molar-refractivity contribution in [3.8, 4) is 11.8 Å². The Morgan fingerprint density at radius 2 is 1.56 bits per heavy atom. The molecule has 32 heavy (non-hydrogen) atoms. The second-order valence-electron chi connectivity index (χ2n) is 7.30. The topological polar surface area (TPSA) is 83.5 Å². The summed E-state index contributed by atoms with van der Waals surface area (Å²) >= 11 is 0. The van der Waals surface area contributed by atoms with Gasteiger partial charge in [-0.1, -0.05) is 48.2 Å². The Kier molecular flexibility index (Phi) is 5.67. The predicted octanol–water partition coefficient (Wildman–Crippen LogP) is 5.05. The molecule has 4 aromatic rings. The van der Waals surface area contributed by atoms with Crippen molar-refractivity contribution >= 4 is 32.5 Å². The van der Waals surface area contributed by atoms with E-state index in [4.69, 9.17) is 5.11 Å². The summed E-state index contributed by atoms with van der Waals surface area (Å²) in [5.74, 6) is 4.94. The number of carbonyl (C=O) groups is 1. The van der Waals surface area contributed by atoms with E-state index in [1.54, 1.807) is 42.5 Å². The van der Waals surface area contributed by atoms with E-state index in [0.717, 1.165) is 16.3 Å². The van der Waals surface area contributed by atoms with Crippen LogP contribution in [0.5, 0.6) is 0 Å². The van der Waals surface area contributed by atoms with E-state index >= 15 is 0 Å². The number of hydrogen-bond acceptors (Lipinski definition) is 3. The molecule has 0 radical (unpaired) electrons. The zero-order chi connectivity index (χ0) is 22.7. The van der Waals surface area contributed by atoms with E-state index < -0.39 is 16.0 Å². The van der Waals surface area contributed by atoms with Gasteiger partial charge in [0.1, 0.15) is 0 Å². The van der Waals surface area contributed by atoms with Crippen molar-refractivity contribution in [2.75, 3.05) is 4.72 Å². The van der Waals surface area contributed by atoms with Crippen LogP contribution in [0.2, 0.25) is 0 Å². The molecule has 4 aromatic carbocycles. The summed E-state index contributed by atoms with van der Waals surface area (Å²) in [6.07, 6.45) is 0. The number of aromatic carboxylic acids is 1. The van der Waals surface area contributed by atoms with Gasteiger partial charge < -0.3 is 5.11 Å². The maximum atomic E-state index is 13.1. The van der Waals surface area contributed by atoms with Crippen LogP contribution in [0.15, 0.2) is 89.8 Å². The van der Waals surface area contributed by atoms with Crippen LogP contribution in [0, 0.1) is 18.8 Å². The van der Waals surface area contributed by atoms with E-state index in [9.17, 15) is 13.2 Å². The molecule has 0 saturated carbocycles. The third-order valence-corrected chi connectivity index (χ3v) is 6.29. The fraction of sp³-hybridized carbons (Fsp3) is 0.0385. The van der Waals surface area contributed by atoms with Gasteiger partial charge in [0.2, 0.25) is 0 Å². The zero-order valence-electron chi connectivity index (χ0n) is 17.2. The first-order valence-electron chi connectivity index (χ1n) is 9.79. The monoisotopic (exact) mass is 441 g/mol. The Morgan fingerprint density at radius 3 is 2.28 bits per heavy atom. The van der Waals surface area contributed by atoms with Crippen LogP contribution in [0.3, 0.4) is 0 Å². The molecule has 0 aliphatic heterocycles. The highest BCUT2D eigenvalue weighted by Gasteiger charge is 2.16. The summed E-state index contributed by atoms with van der Waals surface area (Å²) in [7, 11) is -3.83. The minimum atomic E-state index is -3.83. The van der Waals surface area contributed by atoms with Crippen molar-refractivity contribution in [2.45, 2.75) is 11.8 Å². The lowest BCUT2D eigenvalue weighted by Gasteiger charge is -2.11. The van der Waals surface area contributed by atoms with Gasteiger partial charge in [0.05, 0.1) is 16.1 Å². The molecular formula is C26H19NO4S. The second kappa shape index (κ2) is 8.58. The lowest BCUT2D eigenvalue weighted by atomic mass is 10.1. The molecule has 0 unspecified atom stereocenters. The van der Waals surface area contributed by atoms with Gasteiger partial charge in [-0.25, -0.2) is 13.2 Å². The first kappa shape index (κ1) is 21.2. The van der Waals surface area contributed by atoms with E-state index in [2.05, 4.69) is 16.6 Å². The molecule has 2 N–H and O–H groups in total. The van der Waals surface area contributed by atoms with Crippen molar-refractivity contribution < 1.29 is 18.3 Å². The third-order valence-electron chi connectivity index (χ3n) is 4.92. The molecule has 0 amide bonds. The first-order chi connectivity index (χ1) is 15.3. The Hall–Kier alpha value is -4.08. The van der Waals surface area contributed by atoms with Crippen LogP contribution in [0.1, 0.15) is 27.0 Å². The Bertz CT molecular complexity index is 1490. The van der Waals surface area contributed by atoms with Gasteiger partial charge in [-0.2, -0.15) is 0 Å². The maximum absolute atomic E-state index is 13.1. The smallest absolute Gasteiger partial charge is 0.335 e.